The molecule has 0 bridgehead atoms. The summed E-state index contributed by atoms with van der Waals surface area (Å²) < 4.78 is 14.0. The van der Waals surface area contributed by atoms with Crippen molar-refractivity contribution in [3.05, 3.63) is 68.9 Å². The van der Waals surface area contributed by atoms with Gasteiger partial charge in [0.25, 0.3) is 23.6 Å². The Bertz CT molecular complexity index is 1750. The highest BCUT2D eigenvalue weighted by molar-refractivity contribution is 7.09. The van der Waals surface area contributed by atoms with Crippen LogP contribution in [0.4, 0.5) is 17.1 Å². The first-order valence-corrected chi connectivity index (χ1v) is 15.3. The molecule has 0 spiro atoms. The van der Waals surface area contributed by atoms with E-state index in [-0.39, 0.29) is 32.3 Å². The van der Waals surface area contributed by atoms with Crippen molar-refractivity contribution >= 4 is 75.4 Å². The molecule has 4 aromatic heterocycles. The average molecular weight is 677 g/mol. The maximum absolute atomic E-state index is 13.1. The van der Waals surface area contributed by atoms with Crippen molar-refractivity contribution < 1.29 is 23.9 Å². The number of nitrogens with one attached hydrogen (secondary N) is 4. The molecule has 4 N–H and O–H groups in total. The lowest BCUT2D eigenvalue weighted by Crippen LogP contribution is -2.41. The number of nitrogens with zero attached hydrogens (tertiary/aromatic N) is 5. The summed E-state index contributed by atoms with van der Waals surface area (Å²) in [4.78, 5) is 53.9. The largest absolute Gasteiger partial charge is 0.379 e. The number of hydrogen-bond donors (Lipinski definition) is 4. The topological polar surface area (TPSA) is 157 Å². The molecule has 0 aromatic carbocycles. The van der Waals surface area contributed by atoms with Crippen LogP contribution in [-0.4, -0.2) is 86.0 Å². The van der Waals surface area contributed by atoms with E-state index in [1.54, 1.807) is 59.5 Å². The summed E-state index contributed by atoms with van der Waals surface area (Å²) in [6.07, 6.45) is 4.84. The minimum atomic E-state index is -0.504. The fourth-order valence-electron chi connectivity index (χ4n) is 4.80. The van der Waals surface area contributed by atoms with E-state index in [9.17, 15) is 19.2 Å². The van der Waals surface area contributed by atoms with Gasteiger partial charge in [0.05, 0.1) is 30.3 Å². The van der Waals surface area contributed by atoms with Gasteiger partial charge in [-0.15, -0.1) is 0 Å². The Morgan fingerprint density at radius 3 is 1.71 bits per heavy atom. The Balaban J connectivity index is 1.17. The van der Waals surface area contributed by atoms with E-state index in [4.69, 9.17) is 27.9 Å². The highest BCUT2D eigenvalue weighted by atomic mass is 35.5. The number of amides is 4. The first-order chi connectivity index (χ1) is 21.5. The van der Waals surface area contributed by atoms with E-state index in [1.165, 1.54) is 12.1 Å². The van der Waals surface area contributed by atoms with E-state index in [1.807, 2.05) is 0 Å². The van der Waals surface area contributed by atoms with Crippen LogP contribution in [-0.2, 0) is 25.9 Å². The molecule has 4 aromatic rings. The van der Waals surface area contributed by atoms with Crippen LogP contribution in [0.2, 0.25) is 10.2 Å². The second kappa shape index (κ2) is 13.9. The Kier molecular flexibility index (Phi) is 9.94. The van der Waals surface area contributed by atoms with Gasteiger partial charge in [-0.05, 0) is 29.7 Å². The molecule has 238 valence electrons. The van der Waals surface area contributed by atoms with Crippen molar-refractivity contribution in [3.8, 4) is 0 Å². The van der Waals surface area contributed by atoms with Crippen molar-refractivity contribution in [2.45, 2.75) is 0 Å². The van der Waals surface area contributed by atoms with Crippen LogP contribution in [0.25, 0.3) is 0 Å². The van der Waals surface area contributed by atoms with Crippen LogP contribution in [0, 0.1) is 0 Å². The lowest BCUT2D eigenvalue weighted by molar-refractivity contribution is 0.0383. The predicted octanol–water partition coefficient (Wildman–Crippen LogP) is 3.28. The molecular weight excluding hydrogens is 645 g/mol. The molecular formula is C28H31Cl2N9O5S. The molecule has 0 unspecified atom stereocenters. The number of ether oxygens (including phenoxy) is 1. The summed E-state index contributed by atoms with van der Waals surface area (Å²) >= 11 is 12.7. The van der Waals surface area contributed by atoms with Crippen molar-refractivity contribution in [3.63, 3.8) is 0 Å². The third-order valence-corrected chi connectivity index (χ3v) is 8.90. The number of carbonyl (C=O) groups excluding carboxylic acids is 4. The van der Waals surface area contributed by atoms with Gasteiger partial charge in [-0.1, -0.05) is 23.2 Å². The molecule has 45 heavy (non-hydrogen) atoms. The van der Waals surface area contributed by atoms with Crippen LogP contribution < -0.4 is 21.3 Å². The summed E-state index contributed by atoms with van der Waals surface area (Å²) in [5.41, 5.74) is 2.16. The van der Waals surface area contributed by atoms with Crippen LogP contribution in [0.3, 0.4) is 0 Å². The second-order valence-electron chi connectivity index (χ2n) is 10.4. The Morgan fingerprint density at radius 2 is 1.24 bits per heavy atom. The zero-order valence-electron chi connectivity index (χ0n) is 24.6. The molecule has 14 nitrogen and oxygen atoms in total. The van der Waals surface area contributed by atoms with Gasteiger partial charge in [0.15, 0.2) is 5.15 Å². The number of halogens is 2. The molecule has 1 saturated heterocycles. The number of rotatable bonds is 10. The fourth-order valence-corrected chi connectivity index (χ4v) is 5.91. The Morgan fingerprint density at radius 1 is 0.778 bits per heavy atom. The number of anilines is 3. The highest BCUT2D eigenvalue weighted by Gasteiger charge is 2.21. The van der Waals surface area contributed by atoms with Crippen molar-refractivity contribution in [1.29, 1.82) is 0 Å². The molecule has 5 heterocycles. The molecule has 17 heteroatoms. The standard InChI is InChI=1S/C28H31Cl2N9O5S/c1-36-13-16(10-19(36)25(40)31-4-5-39-6-8-44-9-7-39)32-26(41)20-11-17(14-37(20)2)33-27(42)21-12-18(15-38(21)3)34-28(43)23-22(29)24(30)35-45-23/h10-15H,4-9H2,1-3H3,(H,31,40)(H,32,41)(H,33,42)(H,34,43). The van der Waals surface area contributed by atoms with E-state index in [0.29, 0.717) is 42.5 Å². The zero-order chi connectivity index (χ0) is 32.2. The summed E-state index contributed by atoms with van der Waals surface area (Å²) in [7, 11) is 5.06. The van der Waals surface area contributed by atoms with Gasteiger partial charge in [0.2, 0.25) is 0 Å². The average Bonchev–Trinajstić information content (AvgIpc) is 3.75. The van der Waals surface area contributed by atoms with E-state index in [0.717, 1.165) is 31.2 Å². The molecule has 0 radical (unpaired) electrons. The number of aromatic nitrogens is 4. The molecule has 4 amide bonds. The highest BCUT2D eigenvalue weighted by Crippen LogP contribution is 2.29. The van der Waals surface area contributed by atoms with Gasteiger partial charge in [-0.25, -0.2) is 0 Å². The minimum absolute atomic E-state index is 0.0439. The third-order valence-electron chi connectivity index (χ3n) is 7.11. The van der Waals surface area contributed by atoms with Gasteiger partial charge < -0.3 is 39.7 Å². The Labute approximate surface area is 272 Å². The van der Waals surface area contributed by atoms with Gasteiger partial charge in [0.1, 0.15) is 27.0 Å². The first-order valence-electron chi connectivity index (χ1n) is 13.8. The maximum Gasteiger partial charge on any atom is 0.272 e. The quantitative estimate of drug-likeness (QED) is 0.201. The summed E-state index contributed by atoms with van der Waals surface area (Å²) in [6, 6.07) is 4.65. The van der Waals surface area contributed by atoms with Crippen molar-refractivity contribution in [2.24, 2.45) is 21.1 Å². The summed E-state index contributed by atoms with van der Waals surface area (Å²) in [6.45, 7) is 4.30. The normalized spacial score (nSPS) is 13.4. The van der Waals surface area contributed by atoms with Gasteiger partial charge >= 0.3 is 0 Å². The molecule has 0 aliphatic carbocycles. The van der Waals surface area contributed by atoms with Crippen LogP contribution >= 0.6 is 34.7 Å². The van der Waals surface area contributed by atoms with Gasteiger partial charge in [0, 0.05) is 65.9 Å². The number of morpholine rings is 1. The summed E-state index contributed by atoms with van der Waals surface area (Å²) in [5.74, 6) is -1.62. The Hall–Kier alpha value is -4.15. The molecule has 5 rings (SSSR count). The first kappa shape index (κ1) is 32.2. The lowest BCUT2D eigenvalue weighted by atomic mass is 10.3. The van der Waals surface area contributed by atoms with Crippen LogP contribution in [0.15, 0.2) is 36.8 Å². The molecule has 0 atom stereocenters. The number of aryl methyl sites for hydroxylation is 3. The third kappa shape index (κ3) is 7.57. The van der Waals surface area contributed by atoms with Gasteiger partial charge in [-0.3, -0.25) is 24.1 Å². The fraction of sp³-hybridized carbons (Fsp3) is 0.321. The minimum Gasteiger partial charge on any atom is -0.379 e. The number of carbonyl (C=O) groups is 4. The number of hydrogen-bond acceptors (Lipinski definition) is 8. The van der Waals surface area contributed by atoms with E-state index >= 15 is 0 Å². The molecule has 1 aliphatic rings. The van der Waals surface area contributed by atoms with Crippen molar-refractivity contribution in [2.75, 3.05) is 55.3 Å². The second-order valence-corrected chi connectivity index (χ2v) is 11.9. The summed E-state index contributed by atoms with van der Waals surface area (Å²) in [5, 5.41) is 11.3. The van der Waals surface area contributed by atoms with E-state index < -0.39 is 17.7 Å². The van der Waals surface area contributed by atoms with E-state index in [2.05, 4.69) is 30.5 Å². The molecule has 1 fully saturated rings. The maximum atomic E-state index is 13.1. The van der Waals surface area contributed by atoms with Crippen LogP contribution in [0.5, 0.6) is 0 Å². The monoisotopic (exact) mass is 675 g/mol. The zero-order valence-corrected chi connectivity index (χ0v) is 27.0. The lowest BCUT2D eigenvalue weighted by Gasteiger charge is -2.26. The predicted molar refractivity (Wildman–Crippen MR) is 172 cm³/mol. The van der Waals surface area contributed by atoms with Crippen molar-refractivity contribution in [1.82, 2.24) is 28.3 Å². The molecule has 0 saturated carbocycles. The van der Waals surface area contributed by atoms with Gasteiger partial charge in [-0.2, -0.15) is 4.37 Å². The van der Waals surface area contributed by atoms with Crippen LogP contribution in [0.1, 0.15) is 41.1 Å². The SMILES string of the molecule is Cn1cc(NC(=O)c2cc(NC(=O)c3cc(NC(=O)c4snc(Cl)c4Cl)cn3C)cn2C)cc1C(=O)NCCN1CCOCC1. The smallest absolute Gasteiger partial charge is 0.272 e. The molecule has 1 aliphatic heterocycles.